The number of benzene rings is 3. The van der Waals surface area contributed by atoms with Crippen molar-refractivity contribution < 1.29 is 18.7 Å². The number of aromatic nitrogens is 2. The lowest BCUT2D eigenvalue weighted by molar-refractivity contribution is -0.130. The molecule has 1 aliphatic rings. The Morgan fingerprint density at radius 3 is 2.70 bits per heavy atom. The van der Waals surface area contributed by atoms with Crippen molar-refractivity contribution in [3.05, 3.63) is 95.5 Å². The molecule has 0 spiro atoms. The molecule has 5 rings (SSSR count). The Labute approximate surface area is 218 Å². The van der Waals surface area contributed by atoms with Crippen molar-refractivity contribution in [2.45, 2.75) is 12.5 Å². The number of carbonyl (C=O) groups is 1. The minimum absolute atomic E-state index is 0.0866. The smallest absolute Gasteiger partial charge is 0.245 e. The van der Waals surface area contributed by atoms with E-state index in [-0.39, 0.29) is 34.9 Å². The van der Waals surface area contributed by atoms with Crippen molar-refractivity contribution in [2.75, 3.05) is 25.5 Å². The summed E-state index contributed by atoms with van der Waals surface area (Å²) in [6, 6.07) is 16.5. The Kier molecular flexibility index (Phi) is 6.92. The van der Waals surface area contributed by atoms with Crippen LogP contribution in [0.3, 0.4) is 0 Å². The van der Waals surface area contributed by atoms with Crippen LogP contribution in [0.5, 0.6) is 11.5 Å². The van der Waals surface area contributed by atoms with Crippen molar-refractivity contribution in [1.29, 1.82) is 0 Å². The van der Waals surface area contributed by atoms with Crippen LogP contribution in [-0.4, -0.2) is 41.0 Å². The van der Waals surface area contributed by atoms with Gasteiger partial charge in [-0.05, 0) is 29.8 Å². The number of carbonyl (C=O) groups excluding carboxylic acids is 1. The zero-order valence-electron chi connectivity index (χ0n) is 20.1. The van der Waals surface area contributed by atoms with Gasteiger partial charge in [0.25, 0.3) is 0 Å². The zero-order chi connectivity index (χ0) is 25.9. The lowest BCUT2D eigenvalue weighted by atomic mass is 9.89. The van der Waals surface area contributed by atoms with Crippen LogP contribution in [0.1, 0.15) is 17.0 Å². The maximum atomic E-state index is 15.2. The van der Waals surface area contributed by atoms with E-state index >= 15 is 4.39 Å². The first-order chi connectivity index (χ1) is 18.0. The fourth-order valence-electron chi connectivity index (χ4n) is 4.28. The quantitative estimate of drug-likeness (QED) is 0.294. The minimum atomic E-state index is -0.648. The summed E-state index contributed by atoms with van der Waals surface area (Å²) in [6.45, 7) is 4.92. The molecule has 1 amide bonds. The van der Waals surface area contributed by atoms with Gasteiger partial charge in [0.1, 0.15) is 35.3 Å². The number of halogens is 2. The lowest BCUT2D eigenvalue weighted by Crippen LogP contribution is -2.47. The number of hydrogen-bond donors (Lipinski definition) is 1. The Morgan fingerprint density at radius 2 is 1.97 bits per heavy atom. The molecule has 1 fully saturated rings. The highest BCUT2D eigenvalue weighted by atomic mass is 35.5. The molecule has 2 heterocycles. The number of nitrogens with zero attached hydrogens (tertiary/aromatic N) is 3. The SMILES string of the molecule is C=CC(=O)N1CC(c2cc3c(Nc4ccc(OCc5ccccc5)c(Cl)c4F)ncnc3cc2OC)C1. The fourth-order valence-corrected chi connectivity index (χ4v) is 4.50. The van der Waals surface area contributed by atoms with Crippen molar-refractivity contribution in [3.8, 4) is 11.5 Å². The van der Waals surface area contributed by atoms with Crippen LogP contribution >= 0.6 is 11.6 Å². The van der Waals surface area contributed by atoms with E-state index in [1.54, 1.807) is 24.1 Å². The molecule has 0 saturated carbocycles. The fraction of sp³-hybridized carbons (Fsp3) is 0.179. The van der Waals surface area contributed by atoms with Crippen molar-refractivity contribution in [3.63, 3.8) is 0 Å². The molecule has 0 aliphatic carbocycles. The zero-order valence-corrected chi connectivity index (χ0v) is 20.8. The van der Waals surface area contributed by atoms with E-state index in [1.165, 1.54) is 12.4 Å². The van der Waals surface area contributed by atoms with Gasteiger partial charge in [-0.25, -0.2) is 14.4 Å². The van der Waals surface area contributed by atoms with Crippen LogP contribution in [-0.2, 0) is 11.4 Å². The second-order valence-corrected chi connectivity index (χ2v) is 8.99. The monoisotopic (exact) mass is 518 g/mol. The summed E-state index contributed by atoms with van der Waals surface area (Å²) in [4.78, 5) is 22.3. The molecule has 1 aliphatic heterocycles. The average Bonchev–Trinajstić information content (AvgIpc) is 2.90. The van der Waals surface area contributed by atoms with Gasteiger partial charge in [0.05, 0.1) is 18.3 Å². The molecule has 3 aromatic carbocycles. The Morgan fingerprint density at radius 1 is 1.19 bits per heavy atom. The standard InChI is InChI=1S/C28H24ClFN4O3/c1-3-25(35)34-13-18(14-34)19-11-20-22(12-24(19)36-2)31-16-32-28(20)33-21-9-10-23(26(29)27(21)30)37-15-17-7-5-4-6-8-17/h3-12,16,18H,1,13-15H2,2H3,(H,31,32,33). The van der Waals surface area contributed by atoms with E-state index in [0.29, 0.717) is 35.6 Å². The van der Waals surface area contributed by atoms with Gasteiger partial charge < -0.3 is 19.7 Å². The lowest BCUT2D eigenvalue weighted by Gasteiger charge is -2.39. The number of anilines is 2. The number of ether oxygens (including phenoxy) is 2. The van der Waals surface area contributed by atoms with Gasteiger partial charge in [-0.3, -0.25) is 4.79 Å². The topological polar surface area (TPSA) is 76.6 Å². The maximum Gasteiger partial charge on any atom is 0.245 e. The van der Waals surface area contributed by atoms with Crippen LogP contribution in [0.15, 0.2) is 73.6 Å². The molecule has 1 saturated heterocycles. The first kappa shape index (κ1) is 24.5. The third-order valence-corrected chi connectivity index (χ3v) is 6.68. The second-order valence-electron chi connectivity index (χ2n) is 8.62. The predicted octanol–water partition coefficient (Wildman–Crippen LogP) is 5.87. The van der Waals surface area contributed by atoms with Crippen LogP contribution in [0, 0.1) is 5.82 Å². The second kappa shape index (κ2) is 10.4. The largest absolute Gasteiger partial charge is 0.496 e. The van der Waals surface area contributed by atoms with Crippen LogP contribution in [0.2, 0.25) is 5.02 Å². The number of likely N-dealkylation sites (tertiary alicyclic amines) is 1. The van der Waals surface area contributed by atoms with Crippen molar-refractivity contribution in [1.82, 2.24) is 14.9 Å². The van der Waals surface area contributed by atoms with E-state index in [9.17, 15) is 4.79 Å². The molecule has 188 valence electrons. The Bertz CT molecular complexity index is 1480. The van der Waals surface area contributed by atoms with E-state index in [4.69, 9.17) is 21.1 Å². The molecule has 0 radical (unpaired) electrons. The van der Waals surface area contributed by atoms with Crippen LogP contribution in [0.25, 0.3) is 10.9 Å². The summed E-state index contributed by atoms with van der Waals surface area (Å²) >= 11 is 6.30. The van der Waals surface area contributed by atoms with Crippen LogP contribution < -0.4 is 14.8 Å². The van der Waals surface area contributed by atoms with Gasteiger partial charge in [-0.15, -0.1) is 0 Å². The summed E-state index contributed by atoms with van der Waals surface area (Å²) in [5, 5.41) is 3.61. The summed E-state index contributed by atoms with van der Waals surface area (Å²) < 4.78 is 26.6. The van der Waals surface area contributed by atoms with Gasteiger partial charge in [-0.2, -0.15) is 0 Å². The molecule has 9 heteroatoms. The van der Waals surface area contributed by atoms with Gasteiger partial charge in [-0.1, -0.05) is 48.5 Å². The number of hydrogen-bond acceptors (Lipinski definition) is 6. The molecule has 1 aromatic heterocycles. The molecular weight excluding hydrogens is 495 g/mol. The van der Waals surface area contributed by atoms with Crippen LogP contribution in [0.4, 0.5) is 15.9 Å². The van der Waals surface area contributed by atoms with E-state index < -0.39 is 5.82 Å². The first-order valence-electron chi connectivity index (χ1n) is 11.6. The third-order valence-electron chi connectivity index (χ3n) is 6.33. The highest BCUT2D eigenvalue weighted by Gasteiger charge is 2.33. The summed E-state index contributed by atoms with van der Waals surface area (Å²) in [7, 11) is 1.59. The van der Waals surface area contributed by atoms with E-state index in [2.05, 4.69) is 21.9 Å². The maximum absolute atomic E-state index is 15.2. The highest BCUT2D eigenvalue weighted by molar-refractivity contribution is 6.32. The van der Waals surface area contributed by atoms with Gasteiger partial charge >= 0.3 is 0 Å². The number of fused-ring (bicyclic) bond motifs is 1. The number of nitrogens with one attached hydrogen (secondary N) is 1. The number of rotatable bonds is 8. The molecule has 4 aromatic rings. The molecule has 0 unspecified atom stereocenters. The summed E-state index contributed by atoms with van der Waals surface area (Å²) in [5.41, 5.74) is 2.65. The van der Waals surface area contributed by atoms with Gasteiger partial charge in [0.2, 0.25) is 5.91 Å². The predicted molar refractivity (Wildman–Crippen MR) is 141 cm³/mol. The van der Waals surface area contributed by atoms with E-state index in [0.717, 1.165) is 11.1 Å². The Balaban J connectivity index is 1.41. The molecule has 1 N–H and O–H groups in total. The third kappa shape index (κ3) is 4.93. The van der Waals surface area contributed by atoms with E-state index in [1.807, 2.05) is 42.5 Å². The average molecular weight is 519 g/mol. The van der Waals surface area contributed by atoms with Crippen molar-refractivity contribution in [2.24, 2.45) is 0 Å². The molecule has 0 atom stereocenters. The Hall–Kier alpha value is -4.17. The normalized spacial score (nSPS) is 13.2. The summed E-state index contributed by atoms with van der Waals surface area (Å²) in [5.74, 6) is 0.665. The van der Waals surface area contributed by atoms with Gasteiger partial charge in [0.15, 0.2) is 5.82 Å². The molecule has 0 bridgehead atoms. The summed E-state index contributed by atoms with van der Waals surface area (Å²) in [6.07, 6.45) is 2.70. The number of methoxy groups -OCH3 is 1. The molecular formula is C28H24ClFN4O3. The van der Waals surface area contributed by atoms with Gasteiger partial charge in [0, 0.05) is 36.0 Å². The highest BCUT2D eigenvalue weighted by Crippen LogP contribution is 2.39. The number of amides is 1. The van der Waals surface area contributed by atoms with Crippen molar-refractivity contribution >= 4 is 39.9 Å². The first-order valence-corrected chi connectivity index (χ1v) is 12.0. The molecule has 37 heavy (non-hydrogen) atoms. The minimum Gasteiger partial charge on any atom is -0.496 e. The molecule has 7 nitrogen and oxygen atoms in total.